The molecule has 3 heterocycles. The molecule has 704 valence electrons. The number of ether oxygens (including phenoxy) is 9. The van der Waals surface area contributed by atoms with Crippen LogP contribution in [0.15, 0.2) is 54.6 Å². The molecule has 2 unspecified atom stereocenters. The Morgan fingerprint density at radius 3 is 0.862 bits per heavy atom. The van der Waals surface area contributed by atoms with Crippen LogP contribution in [0.1, 0.15) is 219 Å². The van der Waals surface area contributed by atoms with Crippen molar-refractivity contribution in [1.82, 2.24) is 0 Å². The number of benzene rings is 6. The molecule has 43 nitrogen and oxygen atoms in total. The molecule has 0 aromatic heterocycles. The van der Waals surface area contributed by atoms with Crippen molar-refractivity contribution in [2.75, 3.05) is 41.2 Å². The first-order valence-electron chi connectivity index (χ1n) is 40.8. The Bertz CT molecular complexity index is 4970. The second kappa shape index (κ2) is 37.7. The van der Waals surface area contributed by atoms with Crippen molar-refractivity contribution in [2.24, 2.45) is 17.2 Å². The Kier molecular flexibility index (Phi) is 28.5. The molecule has 0 spiro atoms. The van der Waals surface area contributed by atoms with Crippen molar-refractivity contribution in [1.29, 1.82) is 0 Å². The van der Waals surface area contributed by atoms with Crippen LogP contribution in [0.2, 0.25) is 0 Å². The molecule has 130 heavy (non-hydrogen) atoms. The van der Waals surface area contributed by atoms with Crippen LogP contribution in [0.25, 0.3) is 0 Å². The van der Waals surface area contributed by atoms with E-state index in [4.69, 9.17) is 80.3 Å². The van der Waals surface area contributed by atoms with E-state index in [1.165, 1.54) is 75.9 Å². The number of aromatic hydroxyl groups is 6. The van der Waals surface area contributed by atoms with Crippen LogP contribution in [-0.2, 0) is 62.1 Å². The maximum Gasteiger partial charge on any atom is 0.336 e. The van der Waals surface area contributed by atoms with Gasteiger partial charge in [-0.05, 0) is 39.0 Å². The van der Waals surface area contributed by atoms with Gasteiger partial charge < -0.3 is 172 Å². The van der Waals surface area contributed by atoms with E-state index in [-0.39, 0.29) is 123 Å². The van der Waals surface area contributed by atoms with Gasteiger partial charge in [-0.25, -0.2) is 4.79 Å². The Labute approximate surface area is 736 Å². The van der Waals surface area contributed by atoms with Crippen molar-refractivity contribution in [3.8, 4) is 51.7 Å². The zero-order valence-electron chi connectivity index (χ0n) is 70.4. The van der Waals surface area contributed by atoms with E-state index in [1.807, 2.05) is 0 Å². The highest BCUT2D eigenvalue weighted by molar-refractivity contribution is 6.33. The molecule has 6 aromatic rings. The number of rotatable bonds is 20. The molecule has 0 bridgehead atoms. The topological polar surface area (TPSA) is 760 Å². The molecule has 3 fully saturated rings. The lowest BCUT2D eigenvalue weighted by atomic mass is 9.71. The lowest BCUT2D eigenvalue weighted by Gasteiger charge is -2.44. The molecule has 3 aliphatic heterocycles. The maximum absolute atomic E-state index is 13.7. The largest absolute Gasteiger partial charge is 0.507 e. The van der Waals surface area contributed by atoms with E-state index in [9.17, 15) is 135 Å². The lowest BCUT2D eigenvalue weighted by Crippen LogP contribution is -2.53. The van der Waals surface area contributed by atoms with E-state index in [0.717, 1.165) is 0 Å². The molecular weight excluding hydrogens is 1730 g/mol. The molecule has 28 N–H and O–H groups in total. The minimum atomic E-state index is -2.74. The van der Waals surface area contributed by atoms with E-state index in [0.29, 0.717) is 0 Å². The summed E-state index contributed by atoms with van der Waals surface area (Å²) < 4.78 is 51.2. The number of carboxylic acid groups (broad SMARTS) is 3. The standard InChI is InChI=1S/3C27H31NO11.C6H8O7/c3*1-10-22(31)13(28)6-17(38-10)39-15-8-27(36,16(30)9-29)7-12-19(15)26(35)21-20(24(12)33)23(32)11-4-3-5-14(37-2)18(11)25(21)34;7-3(8)1-6(13,5(11)12)2-4(9)10/h3*3-5,10,13,15-17,22,29-31,33,35-36H,6-9,28H2,1-2H3;13H,1-2H2,(H,7,8)(H,9,10)(H,11,12)/t2*10-,13?,15-,16+,17-,22+,27-;10-,13+,15-,16+,17-,22-,27-;/m000./s1. The smallest absolute Gasteiger partial charge is 0.336 e. The van der Waals surface area contributed by atoms with Gasteiger partial charge in [0.25, 0.3) is 0 Å². The molecule has 9 aliphatic rings. The summed E-state index contributed by atoms with van der Waals surface area (Å²) >= 11 is 0. The minimum Gasteiger partial charge on any atom is -0.507 e. The van der Waals surface area contributed by atoms with E-state index >= 15 is 0 Å². The third-order valence-electron chi connectivity index (χ3n) is 25.2. The molecular formula is C87H101N3O40. The van der Waals surface area contributed by atoms with Gasteiger partial charge in [-0.1, -0.05) is 36.4 Å². The van der Waals surface area contributed by atoms with Crippen LogP contribution in [-0.4, -0.2) is 320 Å². The molecule has 43 heteroatoms. The number of aliphatic carboxylic acids is 3. The third kappa shape index (κ3) is 17.6. The number of fused-ring (bicyclic) bond motifs is 9. The number of hydrogen-bond donors (Lipinski definition) is 25. The average molecular weight is 1830 g/mol. The van der Waals surface area contributed by atoms with Crippen LogP contribution in [0.4, 0.5) is 0 Å². The van der Waals surface area contributed by atoms with Gasteiger partial charge in [0.2, 0.25) is 17.3 Å². The monoisotopic (exact) mass is 1830 g/mol. The fourth-order valence-electron chi connectivity index (χ4n) is 18.2. The molecule has 0 saturated carbocycles. The summed E-state index contributed by atoms with van der Waals surface area (Å²) in [6.45, 7) is 2.30. The Morgan fingerprint density at radius 1 is 0.415 bits per heavy atom. The van der Waals surface area contributed by atoms with Crippen molar-refractivity contribution in [2.45, 2.75) is 224 Å². The van der Waals surface area contributed by atoms with Crippen LogP contribution in [0, 0.1) is 0 Å². The highest BCUT2D eigenvalue weighted by Gasteiger charge is 2.56. The predicted molar refractivity (Wildman–Crippen MR) is 435 cm³/mol. The lowest BCUT2D eigenvalue weighted by molar-refractivity contribution is -0.251. The highest BCUT2D eigenvalue weighted by Crippen LogP contribution is 2.58. The van der Waals surface area contributed by atoms with Crippen LogP contribution >= 0.6 is 0 Å². The summed E-state index contributed by atoms with van der Waals surface area (Å²) in [6, 6.07) is 11.1. The quantitative estimate of drug-likeness (QED) is 0.0372. The molecule has 0 radical (unpaired) electrons. The van der Waals surface area contributed by atoms with Crippen molar-refractivity contribution >= 4 is 52.6 Å². The number of ketones is 6. The number of phenols is 6. The molecule has 6 aromatic carbocycles. The number of carbonyl (C=O) groups excluding carboxylic acids is 6. The second-order valence-corrected chi connectivity index (χ2v) is 33.5. The predicted octanol–water partition coefficient (Wildman–Crippen LogP) is -1.87. The number of aliphatic hydroxyl groups is 13. The second-order valence-electron chi connectivity index (χ2n) is 33.5. The van der Waals surface area contributed by atoms with Gasteiger partial charge in [0.1, 0.15) is 70.1 Å². The number of carboxylic acids is 3. The first-order chi connectivity index (χ1) is 61.1. The fourth-order valence-corrected chi connectivity index (χ4v) is 18.2. The van der Waals surface area contributed by atoms with Gasteiger partial charge in [-0.3, -0.25) is 38.4 Å². The van der Waals surface area contributed by atoms with E-state index < -0.39 is 305 Å². The maximum atomic E-state index is 13.7. The summed E-state index contributed by atoms with van der Waals surface area (Å²) in [4.78, 5) is 112. The number of phenolic OH excluding ortho intramolecular Hbond substituents is 6. The first kappa shape index (κ1) is 98.1. The van der Waals surface area contributed by atoms with Crippen LogP contribution < -0.4 is 31.4 Å². The normalized spacial score (nSPS) is 28.8. The number of aliphatic hydroxyl groups excluding tert-OH is 9. The molecule has 0 amide bonds. The van der Waals surface area contributed by atoms with Crippen molar-refractivity contribution in [3.63, 3.8) is 0 Å². The van der Waals surface area contributed by atoms with Gasteiger partial charge in [0, 0.05) is 126 Å². The SMILES string of the molecule is COc1cccc2c1C(=O)c1c(O)c3c(c(O)c1C2=O)C[C@@](O)([C@H](O)CO)C[C@@H]3O[C@H]1CC(N)[C@H](O)[C@H](C)O1.COc1cccc2c1C(=O)c1c(O)c3c(c(O)c1C2=O)C[C@@](O)([C@H](O)CO)C[C@@H]3O[C@H]1CC(N)[C@H](O)[C@H](C)O1.COc1cccc2c1C(=O)c1c(O)c3c(c(O)c1C2=O)C[C@@](O)([C@H](O)CO)C[C@@H]3O[C@H]1C[C@@H](N)[C@@H](O)[C@H](C)O1.O=C(O)CC(O)(CC(=O)O)C(=O)O. The summed E-state index contributed by atoms with van der Waals surface area (Å²) in [6.07, 6.45) is -21.6. The zero-order valence-corrected chi connectivity index (χ0v) is 70.4. The highest BCUT2D eigenvalue weighted by atomic mass is 16.7. The molecule has 15 rings (SSSR count). The van der Waals surface area contributed by atoms with Gasteiger partial charge in [-0.15, -0.1) is 0 Å². The number of hydrogen-bond acceptors (Lipinski definition) is 40. The Morgan fingerprint density at radius 2 is 0.654 bits per heavy atom. The number of methoxy groups -OCH3 is 3. The average Bonchev–Trinajstić information content (AvgIpc) is 0.717. The van der Waals surface area contributed by atoms with Gasteiger partial charge >= 0.3 is 17.9 Å². The summed E-state index contributed by atoms with van der Waals surface area (Å²) in [5.74, 6) is -13.1. The van der Waals surface area contributed by atoms with E-state index in [1.54, 1.807) is 20.8 Å². The van der Waals surface area contributed by atoms with E-state index in [2.05, 4.69) is 0 Å². The molecule has 21 atom stereocenters. The van der Waals surface area contributed by atoms with Gasteiger partial charge in [-0.2, -0.15) is 0 Å². The Hall–Kier alpha value is -10.9. The van der Waals surface area contributed by atoms with Gasteiger partial charge in [0.15, 0.2) is 41.8 Å². The van der Waals surface area contributed by atoms with Crippen molar-refractivity contribution < 1.29 is 198 Å². The summed E-state index contributed by atoms with van der Waals surface area (Å²) in [7, 11) is 3.99. The number of carbonyl (C=O) groups is 9. The molecule has 3 saturated heterocycles. The van der Waals surface area contributed by atoms with Crippen molar-refractivity contribution in [3.05, 3.63) is 155 Å². The third-order valence-corrected chi connectivity index (χ3v) is 25.2. The number of nitrogens with two attached hydrogens (primary N) is 3. The van der Waals surface area contributed by atoms with Crippen LogP contribution in [0.5, 0.6) is 51.7 Å². The summed E-state index contributed by atoms with van der Waals surface area (Å²) in [5.41, 5.74) is 5.57. The minimum absolute atomic E-state index is 0.0343. The fraction of sp³-hybridized carbons (Fsp3) is 0.483. The summed E-state index contributed by atoms with van der Waals surface area (Å²) in [5, 5.41) is 227. The van der Waals surface area contributed by atoms with Crippen LogP contribution in [0.3, 0.4) is 0 Å². The Balaban J connectivity index is 0.000000165. The zero-order chi connectivity index (χ0) is 95.8. The first-order valence-corrected chi connectivity index (χ1v) is 40.8. The van der Waals surface area contributed by atoms with Gasteiger partial charge in [0.05, 0.1) is 176 Å². The molecule has 6 aliphatic carbocycles.